The van der Waals surface area contributed by atoms with Crippen molar-refractivity contribution < 1.29 is 4.79 Å². The molecule has 0 fully saturated rings. The topological polar surface area (TPSA) is 41.5 Å². The van der Waals surface area contributed by atoms with Crippen molar-refractivity contribution in [1.29, 1.82) is 0 Å². The predicted octanol–water partition coefficient (Wildman–Crippen LogP) is 0.995. The van der Waals surface area contributed by atoms with Crippen LogP contribution in [0.5, 0.6) is 0 Å². The molecule has 0 aromatic rings. The van der Waals surface area contributed by atoms with E-state index in [1.54, 1.807) is 18.6 Å². The van der Waals surface area contributed by atoms with Crippen molar-refractivity contribution >= 4 is 12.5 Å². The smallest absolute Gasteiger partial charge is 0.120 e. The van der Waals surface area contributed by atoms with Crippen LogP contribution >= 0.6 is 0 Å². The van der Waals surface area contributed by atoms with Crippen LogP contribution in [0, 0.1) is 0 Å². The van der Waals surface area contributed by atoms with Crippen LogP contribution in [0.4, 0.5) is 0 Å². The maximum Gasteiger partial charge on any atom is 0.120 e. The Morgan fingerprint density at radius 2 is 2.55 bits per heavy atom. The first-order valence-corrected chi connectivity index (χ1v) is 3.51. The van der Waals surface area contributed by atoms with E-state index in [9.17, 15) is 4.79 Å². The second-order valence-electron chi connectivity index (χ2n) is 2.16. The van der Waals surface area contributed by atoms with Crippen molar-refractivity contribution in [2.24, 2.45) is 4.99 Å². The molecule has 0 radical (unpaired) electrons. The van der Waals surface area contributed by atoms with Crippen LogP contribution in [0.3, 0.4) is 0 Å². The molecule has 11 heavy (non-hydrogen) atoms. The molecule has 1 N–H and O–H groups in total. The molecule has 0 amide bonds. The van der Waals surface area contributed by atoms with Crippen LogP contribution in [0.1, 0.15) is 12.8 Å². The summed E-state index contributed by atoms with van der Waals surface area (Å²) in [5.74, 6) is 0. The maximum absolute atomic E-state index is 10.0. The van der Waals surface area contributed by atoms with Crippen LogP contribution in [0.25, 0.3) is 0 Å². The summed E-state index contributed by atoms with van der Waals surface area (Å²) in [6.45, 7) is 0. The third-order valence-electron chi connectivity index (χ3n) is 1.32. The van der Waals surface area contributed by atoms with Crippen molar-refractivity contribution in [3.05, 3.63) is 24.2 Å². The molecular weight excluding hydrogens is 140 g/mol. The zero-order chi connectivity index (χ0) is 7.94. The molecule has 0 aliphatic carbocycles. The molecular formula is C8H10N2O. The normalized spacial score (nSPS) is 15.1. The van der Waals surface area contributed by atoms with Gasteiger partial charge in [0.2, 0.25) is 0 Å². The number of aldehydes is 1. The van der Waals surface area contributed by atoms with E-state index in [0.717, 1.165) is 18.4 Å². The Bertz CT molecular complexity index is 216. The van der Waals surface area contributed by atoms with Crippen molar-refractivity contribution in [3.63, 3.8) is 0 Å². The first-order chi connectivity index (χ1) is 5.43. The predicted molar refractivity (Wildman–Crippen MR) is 44.1 cm³/mol. The summed E-state index contributed by atoms with van der Waals surface area (Å²) < 4.78 is 0. The van der Waals surface area contributed by atoms with Gasteiger partial charge in [0.05, 0.1) is 0 Å². The zero-order valence-corrected chi connectivity index (χ0v) is 6.16. The molecule has 0 spiro atoms. The molecule has 1 rings (SSSR count). The number of nitrogens with zero attached hydrogens (tertiary/aromatic N) is 1. The van der Waals surface area contributed by atoms with E-state index in [-0.39, 0.29) is 0 Å². The van der Waals surface area contributed by atoms with Crippen molar-refractivity contribution in [1.82, 2.24) is 5.32 Å². The van der Waals surface area contributed by atoms with Gasteiger partial charge in [0.25, 0.3) is 0 Å². The van der Waals surface area contributed by atoms with E-state index in [4.69, 9.17) is 0 Å². The summed E-state index contributed by atoms with van der Waals surface area (Å²) in [5.41, 5.74) is 1.02. The number of hydrogen-bond acceptors (Lipinski definition) is 3. The average molecular weight is 150 g/mol. The van der Waals surface area contributed by atoms with E-state index < -0.39 is 0 Å². The van der Waals surface area contributed by atoms with Gasteiger partial charge in [0.15, 0.2) is 0 Å². The molecule has 0 saturated heterocycles. The van der Waals surface area contributed by atoms with Crippen molar-refractivity contribution in [2.75, 3.05) is 0 Å². The Kier molecular flexibility index (Phi) is 3.12. The summed E-state index contributed by atoms with van der Waals surface area (Å²) in [6, 6.07) is 0. The summed E-state index contributed by atoms with van der Waals surface area (Å²) in [4.78, 5) is 13.9. The molecule has 1 aliphatic rings. The fourth-order valence-corrected chi connectivity index (χ4v) is 0.788. The van der Waals surface area contributed by atoms with Gasteiger partial charge in [-0.05, 0) is 12.5 Å². The van der Waals surface area contributed by atoms with Crippen LogP contribution < -0.4 is 5.32 Å². The number of nitrogens with one attached hydrogen (secondary N) is 1. The fourth-order valence-electron chi connectivity index (χ4n) is 0.788. The number of carbonyl (C=O) groups is 1. The van der Waals surface area contributed by atoms with Gasteiger partial charge in [-0.1, -0.05) is 0 Å². The molecule has 3 nitrogen and oxygen atoms in total. The van der Waals surface area contributed by atoms with Gasteiger partial charge < -0.3 is 10.1 Å². The van der Waals surface area contributed by atoms with E-state index in [2.05, 4.69) is 10.3 Å². The van der Waals surface area contributed by atoms with Gasteiger partial charge in [-0.25, -0.2) is 0 Å². The number of aliphatic imine (C=N–C) groups is 1. The highest BCUT2D eigenvalue weighted by molar-refractivity contribution is 5.73. The van der Waals surface area contributed by atoms with Crippen LogP contribution in [-0.4, -0.2) is 12.5 Å². The monoisotopic (exact) mass is 150 g/mol. The third-order valence-corrected chi connectivity index (χ3v) is 1.32. The van der Waals surface area contributed by atoms with Crippen LogP contribution in [-0.2, 0) is 4.79 Å². The minimum atomic E-state index is 0.556. The molecule has 0 aromatic heterocycles. The Labute approximate surface area is 65.5 Å². The molecule has 0 aromatic carbocycles. The van der Waals surface area contributed by atoms with E-state index in [1.807, 2.05) is 6.08 Å². The molecule has 0 bridgehead atoms. The first kappa shape index (κ1) is 7.72. The van der Waals surface area contributed by atoms with Gasteiger partial charge in [0, 0.05) is 30.7 Å². The lowest BCUT2D eigenvalue weighted by molar-refractivity contribution is -0.107. The van der Waals surface area contributed by atoms with Crippen molar-refractivity contribution in [2.45, 2.75) is 12.8 Å². The Balaban J connectivity index is 2.44. The quantitative estimate of drug-likeness (QED) is 0.609. The van der Waals surface area contributed by atoms with Gasteiger partial charge in [0.1, 0.15) is 6.29 Å². The number of hydrogen-bond donors (Lipinski definition) is 1. The summed E-state index contributed by atoms with van der Waals surface area (Å²) >= 11 is 0. The summed E-state index contributed by atoms with van der Waals surface area (Å²) in [7, 11) is 0. The molecule has 1 heterocycles. The highest BCUT2D eigenvalue weighted by atomic mass is 16.1. The number of carbonyl (C=O) groups excluding carboxylic acids is 1. The highest BCUT2D eigenvalue weighted by Crippen LogP contribution is 2.00. The lowest BCUT2D eigenvalue weighted by Crippen LogP contribution is -2.04. The van der Waals surface area contributed by atoms with Gasteiger partial charge >= 0.3 is 0 Å². The van der Waals surface area contributed by atoms with Crippen LogP contribution in [0.2, 0.25) is 0 Å². The molecule has 58 valence electrons. The Morgan fingerprint density at radius 1 is 1.64 bits per heavy atom. The molecule has 0 atom stereocenters. The largest absolute Gasteiger partial charge is 0.364 e. The Hall–Kier alpha value is -1.38. The molecule has 0 saturated carbocycles. The summed E-state index contributed by atoms with van der Waals surface area (Å²) in [6.07, 6.45) is 9.21. The first-order valence-electron chi connectivity index (χ1n) is 3.51. The van der Waals surface area contributed by atoms with Gasteiger partial charge in [-0.15, -0.1) is 0 Å². The minimum Gasteiger partial charge on any atom is -0.364 e. The molecule has 0 unspecified atom stereocenters. The standard InChI is InChI=1S/C8H10N2O/c11-7-1-2-8-3-4-9-5-6-10-8/h3-7,10H,1-2H2. The summed E-state index contributed by atoms with van der Waals surface area (Å²) in [5, 5.41) is 3.01. The fraction of sp³-hybridized carbons (Fsp3) is 0.250. The van der Waals surface area contributed by atoms with Gasteiger partial charge in [-0.3, -0.25) is 4.99 Å². The lowest BCUT2D eigenvalue weighted by Gasteiger charge is -2.00. The lowest BCUT2D eigenvalue weighted by atomic mass is 10.2. The Morgan fingerprint density at radius 3 is 3.36 bits per heavy atom. The van der Waals surface area contributed by atoms with Crippen LogP contribution in [0.15, 0.2) is 29.2 Å². The number of rotatable bonds is 3. The van der Waals surface area contributed by atoms with E-state index in [0.29, 0.717) is 6.42 Å². The third kappa shape index (κ3) is 2.80. The van der Waals surface area contributed by atoms with E-state index >= 15 is 0 Å². The zero-order valence-electron chi connectivity index (χ0n) is 6.16. The second-order valence-corrected chi connectivity index (χ2v) is 2.16. The van der Waals surface area contributed by atoms with E-state index in [1.165, 1.54) is 0 Å². The SMILES string of the molecule is O=CCCC1=CC=NC=CN1. The molecule has 3 heteroatoms. The maximum atomic E-state index is 10.0. The van der Waals surface area contributed by atoms with Gasteiger partial charge in [-0.2, -0.15) is 0 Å². The molecule has 1 aliphatic heterocycles. The highest BCUT2D eigenvalue weighted by Gasteiger charge is 1.93. The van der Waals surface area contributed by atoms with Crippen molar-refractivity contribution in [3.8, 4) is 0 Å². The number of allylic oxidation sites excluding steroid dienone is 2. The minimum absolute atomic E-state index is 0.556. The second kappa shape index (κ2) is 4.44. The average Bonchev–Trinajstić information content (AvgIpc) is 2.28.